The van der Waals surface area contributed by atoms with Crippen molar-refractivity contribution < 1.29 is 4.79 Å². The monoisotopic (exact) mass is 270 g/mol. The van der Waals surface area contributed by atoms with Gasteiger partial charge in [-0.15, -0.1) is 0 Å². The number of nitrogens with zero attached hydrogens (tertiary/aromatic N) is 1. The van der Waals surface area contributed by atoms with E-state index >= 15 is 0 Å². The van der Waals surface area contributed by atoms with Crippen molar-refractivity contribution in [2.24, 2.45) is 0 Å². The van der Waals surface area contributed by atoms with E-state index in [-0.39, 0.29) is 5.91 Å². The Morgan fingerprint density at radius 1 is 1.47 bits per heavy atom. The zero-order valence-corrected chi connectivity index (χ0v) is 10.8. The van der Waals surface area contributed by atoms with E-state index in [9.17, 15) is 4.79 Å². The summed E-state index contributed by atoms with van der Waals surface area (Å²) in [7, 11) is 3.50. The van der Waals surface area contributed by atoms with Gasteiger partial charge < -0.3 is 10.6 Å². The van der Waals surface area contributed by atoms with Crippen LogP contribution in [0.1, 0.15) is 11.1 Å². The third-order valence-electron chi connectivity index (χ3n) is 2.28. The Balaban J connectivity index is 2.96. The smallest absolute Gasteiger partial charge is 0.226 e. The highest BCUT2D eigenvalue weighted by Gasteiger charge is 2.10. The molecule has 1 aromatic carbocycles. The van der Waals surface area contributed by atoms with Crippen LogP contribution in [-0.2, 0) is 11.2 Å². The van der Waals surface area contributed by atoms with Crippen molar-refractivity contribution in [3.8, 4) is 0 Å². The molecule has 15 heavy (non-hydrogen) atoms. The van der Waals surface area contributed by atoms with Crippen LogP contribution in [0, 0.1) is 6.92 Å². The van der Waals surface area contributed by atoms with Crippen LogP contribution in [0.15, 0.2) is 16.6 Å². The first-order chi connectivity index (χ1) is 6.91. The van der Waals surface area contributed by atoms with Crippen molar-refractivity contribution >= 4 is 27.5 Å². The first-order valence-corrected chi connectivity index (χ1v) is 5.45. The van der Waals surface area contributed by atoms with E-state index < -0.39 is 0 Å². The average Bonchev–Trinajstić information content (AvgIpc) is 2.13. The molecule has 0 saturated carbocycles. The van der Waals surface area contributed by atoms with Gasteiger partial charge in [-0.2, -0.15) is 0 Å². The minimum absolute atomic E-state index is 0.0832. The number of anilines is 1. The molecule has 0 atom stereocenters. The Hall–Kier alpha value is -1.03. The first-order valence-electron chi connectivity index (χ1n) is 4.66. The molecule has 0 radical (unpaired) electrons. The summed E-state index contributed by atoms with van der Waals surface area (Å²) in [6.07, 6.45) is 0.398. The van der Waals surface area contributed by atoms with Crippen molar-refractivity contribution in [3.05, 3.63) is 27.7 Å². The molecular formula is C11H15BrN2O. The van der Waals surface area contributed by atoms with E-state index in [4.69, 9.17) is 5.73 Å². The summed E-state index contributed by atoms with van der Waals surface area (Å²) in [4.78, 5) is 13.1. The summed E-state index contributed by atoms with van der Waals surface area (Å²) in [5.41, 5.74) is 8.47. The van der Waals surface area contributed by atoms with Gasteiger partial charge in [0.05, 0.1) is 6.42 Å². The lowest BCUT2D eigenvalue weighted by atomic mass is 10.1. The van der Waals surface area contributed by atoms with Gasteiger partial charge in [0, 0.05) is 24.3 Å². The molecule has 82 valence electrons. The Labute approximate surface area is 98.4 Å². The van der Waals surface area contributed by atoms with Crippen LogP contribution in [0.4, 0.5) is 5.69 Å². The molecule has 0 unspecified atom stereocenters. The maximum Gasteiger partial charge on any atom is 0.226 e. The molecule has 1 aromatic rings. The zero-order chi connectivity index (χ0) is 11.6. The van der Waals surface area contributed by atoms with Crippen molar-refractivity contribution in [2.75, 3.05) is 19.8 Å². The quantitative estimate of drug-likeness (QED) is 0.836. The standard InChI is InChI=1S/C11H15BrN2O/c1-7-4-8(5-11(15)14(2)3)9(12)6-10(7)13/h4,6H,5,13H2,1-3H3. The molecular weight excluding hydrogens is 256 g/mol. The molecule has 1 amide bonds. The summed E-state index contributed by atoms with van der Waals surface area (Å²) in [6, 6.07) is 3.79. The minimum Gasteiger partial charge on any atom is -0.398 e. The van der Waals surface area contributed by atoms with Gasteiger partial charge >= 0.3 is 0 Å². The van der Waals surface area contributed by atoms with Gasteiger partial charge in [-0.3, -0.25) is 4.79 Å². The highest BCUT2D eigenvalue weighted by atomic mass is 79.9. The molecule has 0 aliphatic heterocycles. The number of amides is 1. The molecule has 0 bridgehead atoms. The summed E-state index contributed by atoms with van der Waals surface area (Å²) in [5, 5.41) is 0. The maximum absolute atomic E-state index is 11.5. The van der Waals surface area contributed by atoms with Crippen molar-refractivity contribution in [3.63, 3.8) is 0 Å². The zero-order valence-electron chi connectivity index (χ0n) is 9.17. The van der Waals surface area contributed by atoms with Crippen LogP contribution in [-0.4, -0.2) is 24.9 Å². The molecule has 0 heterocycles. The number of benzene rings is 1. The molecule has 0 aliphatic rings. The molecule has 0 spiro atoms. The largest absolute Gasteiger partial charge is 0.398 e. The van der Waals surface area contributed by atoms with Gasteiger partial charge in [0.1, 0.15) is 0 Å². The molecule has 0 aliphatic carbocycles. The van der Waals surface area contributed by atoms with Gasteiger partial charge in [-0.25, -0.2) is 0 Å². The molecule has 4 heteroatoms. The fraction of sp³-hybridized carbons (Fsp3) is 0.364. The Morgan fingerprint density at radius 2 is 2.07 bits per heavy atom. The second-order valence-corrected chi connectivity index (χ2v) is 4.62. The SMILES string of the molecule is Cc1cc(CC(=O)N(C)C)c(Br)cc1N. The summed E-state index contributed by atoms with van der Waals surface area (Å²) in [5.74, 6) is 0.0832. The minimum atomic E-state index is 0.0832. The summed E-state index contributed by atoms with van der Waals surface area (Å²) in [6.45, 7) is 1.94. The number of carbonyl (C=O) groups excluding carboxylic acids is 1. The molecule has 0 fully saturated rings. The number of carbonyl (C=O) groups is 1. The van der Waals surface area contributed by atoms with Crippen LogP contribution in [0.3, 0.4) is 0 Å². The maximum atomic E-state index is 11.5. The predicted molar refractivity (Wildman–Crippen MR) is 65.7 cm³/mol. The van der Waals surface area contributed by atoms with Gasteiger partial charge in [0.2, 0.25) is 5.91 Å². The van der Waals surface area contributed by atoms with E-state index in [1.165, 1.54) is 0 Å². The summed E-state index contributed by atoms with van der Waals surface area (Å²) < 4.78 is 0.890. The Kier molecular flexibility index (Phi) is 3.74. The van der Waals surface area contributed by atoms with E-state index in [0.29, 0.717) is 6.42 Å². The highest BCUT2D eigenvalue weighted by Crippen LogP contribution is 2.24. The highest BCUT2D eigenvalue weighted by molar-refractivity contribution is 9.10. The molecule has 0 saturated heterocycles. The fourth-order valence-corrected chi connectivity index (χ4v) is 1.71. The first kappa shape index (κ1) is 12.0. The van der Waals surface area contributed by atoms with Gasteiger partial charge in [-0.05, 0) is 24.1 Å². The number of likely N-dealkylation sites (N-methyl/N-ethyl adjacent to an activating group) is 1. The third kappa shape index (κ3) is 2.96. The number of nitrogen functional groups attached to an aromatic ring is 1. The van der Waals surface area contributed by atoms with Crippen molar-refractivity contribution in [1.29, 1.82) is 0 Å². The van der Waals surface area contributed by atoms with Gasteiger partial charge in [0.15, 0.2) is 0 Å². The van der Waals surface area contributed by atoms with E-state index in [1.807, 2.05) is 19.1 Å². The number of aryl methyl sites for hydroxylation is 1. The van der Waals surface area contributed by atoms with Gasteiger partial charge in [0.25, 0.3) is 0 Å². The van der Waals surface area contributed by atoms with E-state index in [0.717, 1.165) is 21.3 Å². The molecule has 2 N–H and O–H groups in total. The van der Waals surface area contributed by atoms with Crippen molar-refractivity contribution in [2.45, 2.75) is 13.3 Å². The van der Waals surface area contributed by atoms with Crippen LogP contribution in [0.2, 0.25) is 0 Å². The Morgan fingerprint density at radius 3 is 2.60 bits per heavy atom. The van der Waals surface area contributed by atoms with Crippen LogP contribution in [0.25, 0.3) is 0 Å². The molecule has 1 rings (SSSR count). The van der Waals surface area contributed by atoms with Crippen LogP contribution < -0.4 is 5.73 Å². The average molecular weight is 271 g/mol. The predicted octanol–water partition coefficient (Wildman–Crippen LogP) is 1.97. The summed E-state index contributed by atoms with van der Waals surface area (Å²) >= 11 is 3.41. The number of rotatable bonds is 2. The number of nitrogens with two attached hydrogens (primary N) is 1. The topological polar surface area (TPSA) is 46.3 Å². The Bertz CT molecular complexity index is 388. The second kappa shape index (κ2) is 4.66. The lowest BCUT2D eigenvalue weighted by molar-refractivity contribution is -0.127. The van der Waals surface area contributed by atoms with Crippen LogP contribution >= 0.6 is 15.9 Å². The van der Waals surface area contributed by atoms with Crippen LogP contribution in [0.5, 0.6) is 0 Å². The fourth-order valence-electron chi connectivity index (χ4n) is 1.21. The molecule has 0 aromatic heterocycles. The van der Waals surface area contributed by atoms with E-state index in [2.05, 4.69) is 15.9 Å². The molecule has 3 nitrogen and oxygen atoms in total. The number of hydrogen-bond acceptors (Lipinski definition) is 2. The van der Waals surface area contributed by atoms with Crippen molar-refractivity contribution in [1.82, 2.24) is 4.90 Å². The number of hydrogen-bond donors (Lipinski definition) is 1. The third-order valence-corrected chi connectivity index (χ3v) is 3.01. The lowest BCUT2D eigenvalue weighted by Crippen LogP contribution is -2.23. The van der Waals surface area contributed by atoms with Gasteiger partial charge in [-0.1, -0.05) is 22.0 Å². The lowest BCUT2D eigenvalue weighted by Gasteiger charge is -2.12. The van der Waals surface area contributed by atoms with E-state index in [1.54, 1.807) is 19.0 Å². The second-order valence-electron chi connectivity index (χ2n) is 3.77. The normalized spacial score (nSPS) is 10.1. The number of halogens is 1.